The number of nitrogens with zero attached hydrogens (tertiary/aromatic N) is 3. The molecule has 2 aromatic rings. The van der Waals surface area contributed by atoms with Gasteiger partial charge in [0.2, 0.25) is 11.8 Å². The van der Waals surface area contributed by atoms with Gasteiger partial charge in [-0.25, -0.2) is 0 Å². The molecule has 0 atom stereocenters. The number of rotatable bonds is 11. The number of nitrogens with one attached hydrogen (secondary N) is 1. The van der Waals surface area contributed by atoms with Crippen LogP contribution in [0.2, 0.25) is 0 Å². The molecule has 1 aliphatic rings. The second kappa shape index (κ2) is 12.0. The van der Waals surface area contributed by atoms with Crippen molar-refractivity contribution in [3.8, 4) is 5.75 Å². The zero-order valence-corrected chi connectivity index (χ0v) is 20.9. The monoisotopic (exact) mass is 470 g/mol. The minimum absolute atomic E-state index is 0.0856. The summed E-state index contributed by atoms with van der Waals surface area (Å²) in [6.07, 6.45) is 8.21. The lowest BCUT2D eigenvalue weighted by atomic mass is 9.76. The molecule has 0 unspecified atom stereocenters. The Kier molecular flexibility index (Phi) is 9.10. The molecule has 2 amide bonds. The number of carbonyl (C=O) groups excluding carboxylic acids is 2. The Morgan fingerprint density at radius 1 is 1.18 bits per heavy atom. The molecule has 1 aliphatic carbocycles. The van der Waals surface area contributed by atoms with Crippen LogP contribution in [0.1, 0.15) is 51.5 Å². The first-order valence-corrected chi connectivity index (χ1v) is 12.1. The van der Waals surface area contributed by atoms with E-state index in [9.17, 15) is 9.59 Å². The van der Waals surface area contributed by atoms with Crippen LogP contribution in [0.4, 0.5) is 5.69 Å². The molecule has 1 aromatic carbocycles. The first kappa shape index (κ1) is 25.7. The smallest absolute Gasteiger partial charge is 0.244 e. The molecule has 0 bridgehead atoms. The van der Waals surface area contributed by atoms with E-state index >= 15 is 0 Å². The minimum atomic E-state index is -0.118. The van der Waals surface area contributed by atoms with Crippen molar-refractivity contribution < 1.29 is 19.1 Å². The largest absolute Gasteiger partial charge is 0.492 e. The van der Waals surface area contributed by atoms with Crippen LogP contribution >= 0.6 is 0 Å². The molecule has 0 saturated heterocycles. The number of aryl methyl sites for hydroxylation is 1. The summed E-state index contributed by atoms with van der Waals surface area (Å²) in [6.45, 7) is 8.00. The van der Waals surface area contributed by atoms with Crippen LogP contribution in [-0.2, 0) is 20.9 Å². The third-order valence-corrected chi connectivity index (χ3v) is 6.33. The number of likely N-dealkylation sites (N-methyl/N-ethyl adjacent to an activating group) is 1. The predicted octanol–water partition coefficient (Wildman–Crippen LogP) is 4.04. The summed E-state index contributed by atoms with van der Waals surface area (Å²) in [5.74, 6) is 0.580. The maximum Gasteiger partial charge on any atom is 0.244 e. The van der Waals surface area contributed by atoms with E-state index in [1.165, 1.54) is 10.2 Å². The van der Waals surface area contributed by atoms with Gasteiger partial charge in [0, 0.05) is 13.2 Å². The van der Waals surface area contributed by atoms with Gasteiger partial charge in [-0.05, 0) is 50.2 Å². The Hall–Kier alpha value is -2.87. The molecule has 1 saturated carbocycles. The summed E-state index contributed by atoms with van der Waals surface area (Å²) in [5, 5.41) is 7.01. The van der Waals surface area contributed by atoms with Gasteiger partial charge in [-0.1, -0.05) is 31.5 Å². The van der Waals surface area contributed by atoms with Crippen molar-refractivity contribution in [1.29, 1.82) is 0 Å². The van der Waals surface area contributed by atoms with Crippen LogP contribution in [-0.4, -0.2) is 59.4 Å². The van der Waals surface area contributed by atoms with E-state index in [0.29, 0.717) is 37.3 Å². The molecule has 1 fully saturated rings. The highest BCUT2D eigenvalue weighted by molar-refractivity contribution is 5.90. The third kappa shape index (κ3) is 8.48. The zero-order chi connectivity index (χ0) is 24.6. The number of carbonyl (C=O) groups is 2. The van der Waals surface area contributed by atoms with Crippen LogP contribution in [0.5, 0.6) is 5.75 Å². The van der Waals surface area contributed by atoms with Crippen LogP contribution in [0.15, 0.2) is 36.7 Å². The van der Waals surface area contributed by atoms with Crippen LogP contribution in [0, 0.1) is 12.3 Å². The fourth-order valence-electron chi connectivity index (χ4n) is 3.91. The maximum atomic E-state index is 12.5. The quantitative estimate of drug-likeness (QED) is 0.536. The third-order valence-electron chi connectivity index (χ3n) is 6.33. The molecule has 0 spiro atoms. The lowest BCUT2D eigenvalue weighted by Gasteiger charge is -2.34. The predicted molar refractivity (Wildman–Crippen MR) is 132 cm³/mol. The molecule has 0 radical (unpaired) electrons. The van der Waals surface area contributed by atoms with Gasteiger partial charge in [0.25, 0.3) is 0 Å². The van der Waals surface area contributed by atoms with Gasteiger partial charge in [-0.2, -0.15) is 5.10 Å². The molecule has 1 N–H and O–H groups in total. The number of hydrogen-bond acceptors (Lipinski definition) is 5. The molecular formula is C26H38N4O4. The second-order valence-corrected chi connectivity index (χ2v) is 9.94. The van der Waals surface area contributed by atoms with E-state index in [1.54, 1.807) is 24.3 Å². The Labute approximate surface area is 202 Å². The summed E-state index contributed by atoms with van der Waals surface area (Å²) in [5.41, 5.74) is 2.15. The number of ether oxygens (including phenoxy) is 2. The lowest BCUT2D eigenvalue weighted by Crippen LogP contribution is -2.33. The van der Waals surface area contributed by atoms with Crippen molar-refractivity contribution in [2.75, 3.05) is 32.1 Å². The molecule has 186 valence electrons. The van der Waals surface area contributed by atoms with Gasteiger partial charge in [0.1, 0.15) is 18.9 Å². The lowest BCUT2D eigenvalue weighted by molar-refractivity contribution is -0.131. The number of aromatic nitrogens is 2. The average molecular weight is 471 g/mol. The Balaban J connectivity index is 1.32. The summed E-state index contributed by atoms with van der Waals surface area (Å²) in [7, 11) is 1.74. The first-order chi connectivity index (χ1) is 16.2. The summed E-state index contributed by atoms with van der Waals surface area (Å²) >= 11 is 0. The molecule has 1 heterocycles. The zero-order valence-electron chi connectivity index (χ0n) is 20.9. The van der Waals surface area contributed by atoms with E-state index in [-0.39, 0.29) is 24.5 Å². The first-order valence-electron chi connectivity index (χ1n) is 12.1. The normalized spacial score (nSPS) is 15.6. The molecule has 1 aromatic heterocycles. The molecule has 3 rings (SSSR count). The summed E-state index contributed by atoms with van der Waals surface area (Å²) in [6, 6.07) is 7.81. The highest BCUT2D eigenvalue weighted by Crippen LogP contribution is 2.36. The van der Waals surface area contributed by atoms with Gasteiger partial charge in [-0.15, -0.1) is 0 Å². The average Bonchev–Trinajstić information content (AvgIpc) is 3.22. The van der Waals surface area contributed by atoms with Crippen LogP contribution in [0.3, 0.4) is 0 Å². The molecular weight excluding hydrogens is 432 g/mol. The standard InChI is InChI=1S/C26H38N4O4/c1-20-5-7-22(8-6-20)34-16-14-29(4)25(32)19-30-18-21(17-27-30)28-24(31)11-15-33-23-9-12-26(2,3)13-10-23/h5-8,17-18,23H,9-16,19H2,1-4H3,(H,28,31). The number of amides is 2. The molecule has 8 nitrogen and oxygen atoms in total. The highest BCUT2D eigenvalue weighted by atomic mass is 16.5. The fraction of sp³-hybridized carbons (Fsp3) is 0.577. The Bertz CT molecular complexity index is 929. The van der Waals surface area contributed by atoms with E-state index < -0.39 is 0 Å². The summed E-state index contributed by atoms with van der Waals surface area (Å²) < 4.78 is 13.1. The van der Waals surface area contributed by atoms with Crippen molar-refractivity contribution >= 4 is 17.5 Å². The SMILES string of the molecule is Cc1ccc(OCCN(C)C(=O)Cn2cc(NC(=O)CCOC3CCC(C)(C)CC3)cn2)cc1. The molecule has 0 aliphatic heterocycles. The van der Waals surface area contributed by atoms with Crippen molar-refractivity contribution in [2.24, 2.45) is 5.41 Å². The summed E-state index contributed by atoms with van der Waals surface area (Å²) in [4.78, 5) is 26.3. The topological polar surface area (TPSA) is 85.7 Å². The maximum absolute atomic E-state index is 12.5. The van der Waals surface area contributed by atoms with E-state index in [2.05, 4.69) is 24.3 Å². The van der Waals surface area contributed by atoms with Crippen molar-refractivity contribution in [3.05, 3.63) is 42.2 Å². The van der Waals surface area contributed by atoms with Crippen LogP contribution in [0.25, 0.3) is 0 Å². The number of hydrogen-bond donors (Lipinski definition) is 1. The second-order valence-electron chi connectivity index (χ2n) is 9.94. The fourth-order valence-corrected chi connectivity index (χ4v) is 3.91. The van der Waals surface area contributed by atoms with Crippen molar-refractivity contribution in [1.82, 2.24) is 14.7 Å². The van der Waals surface area contributed by atoms with Gasteiger partial charge < -0.3 is 19.7 Å². The number of anilines is 1. The Morgan fingerprint density at radius 3 is 2.59 bits per heavy atom. The van der Waals surface area contributed by atoms with Gasteiger partial charge in [0.05, 0.1) is 37.6 Å². The van der Waals surface area contributed by atoms with Gasteiger partial charge >= 0.3 is 0 Å². The highest BCUT2D eigenvalue weighted by Gasteiger charge is 2.27. The van der Waals surface area contributed by atoms with E-state index in [4.69, 9.17) is 9.47 Å². The molecule has 34 heavy (non-hydrogen) atoms. The van der Waals surface area contributed by atoms with E-state index in [1.807, 2.05) is 31.2 Å². The molecule has 8 heteroatoms. The number of benzene rings is 1. The van der Waals surface area contributed by atoms with E-state index in [0.717, 1.165) is 31.4 Å². The van der Waals surface area contributed by atoms with Gasteiger partial charge in [-0.3, -0.25) is 14.3 Å². The van der Waals surface area contributed by atoms with Crippen molar-refractivity contribution in [3.63, 3.8) is 0 Å². The minimum Gasteiger partial charge on any atom is -0.492 e. The van der Waals surface area contributed by atoms with Crippen LogP contribution < -0.4 is 10.1 Å². The Morgan fingerprint density at radius 2 is 1.88 bits per heavy atom. The van der Waals surface area contributed by atoms with Crippen molar-refractivity contribution in [2.45, 2.75) is 65.5 Å². The van der Waals surface area contributed by atoms with Gasteiger partial charge in [0.15, 0.2) is 0 Å².